The number of benzene rings is 1. The molecule has 0 aliphatic carbocycles. The molecule has 3 rings (SSSR count). The van der Waals surface area contributed by atoms with Crippen LogP contribution in [0.2, 0.25) is 0 Å². The van der Waals surface area contributed by atoms with Gasteiger partial charge in [-0.05, 0) is 49.8 Å². The van der Waals surface area contributed by atoms with Crippen LogP contribution in [0.5, 0.6) is 0 Å². The van der Waals surface area contributed by atoms with Crippen molar-refractivity contribution in [3.8, 4) is 0 Å². The van der Waals surface area contributed by atoms with E-state index in [1.165, 1.54) is 12.1 Å². The Morgan fingerprint density at radius 3 is 2.33 bits per heavy atom. The van der Waals surface area contributed by atoms with Crippen LogP contribution >= 0.6 is 0 Å². The second-order valence-corrected chi connectivity index (χ2v) is 7.27. The smallest absolute Gasteiger partial charge is 0.335 e. The molecule has 27 heavy (non-hydrogen) atoms. The number of urea groups is 1. The first-order chi connectivity index (χ1) is 12.8. The second kappa shape index (κ2) is 7.38. The van der Waals surface area contributed by atoms with E-state index in [2.05, 4.69) is 10.6 Å². The van der Waals surface area contributed by atoms with E-state index in [9.17, 15) is 19.2 Å². The lowest BCUT2D eigenvalue weighted by atomic mass is 9.79. The Kier molecular flexibility index (Phi) is 5.16. The molecule has 0 spiro atoms. The number of hydrogen-bond acceptors (Lipinski definition) is 4. The monoisotopic (exact) mass is 373 g/mol. The number of aromatic carboxylic acids is 1. The summed E-state index contributed by atoms with van der Waals surface area (Å²) in [6, 6.07) is 6.07. The number of carboxylic acid groups (broad SMARTS) is 1. The molecule has 144 valence electrons. The molecular formula is C19H23N3O5. The van der Waals surface area contributed by atoms with Crippen LogP contribution in [0.1, 0.15) is 42.1 Å². The third kappa shape index (κ3) is 3.94. The highest BCUT2D eigenvalue weighted by Crippen LogP contribution is 2.30. The summed E-state index contributed by atoms with van der Waals surface area (Å²) >= 11 is 0. The van der Waals surface area contributed by atoms with Gasteiger partial charge in [0.25, 0.3) is 5.91 Å². The number of aryl methyl sites for hydroxylation is 1. The van der Waals surface area contributed by atoms with Crippen LogP contribution in [-0.4, -0.2) is 52.4 Å². The van der Waals surface area contributed by atoms with Crippen molar-refractivity contribution in [2.45, 2.75) is 38.1 Å². The van der Waals surface area contributed by atoms with E-state index < -0.39 is 17.5 Å². The zero-order valence-electron chi connectivity index (χ0n) is 15.2. The molecule has 4 amide bonds. The first-order valence-corrected chi connectivity index (χ1v) is 9.03. The summed E-state index contributed by atoms with van der Waals surface area (Å²) in [7, 11) is 0. The fraction of sp³-hybridized carbons (Fsp3) is 0.474. The van der Waals surface area contributed by atoms with Crippen molar-refractivity contribution in [3.63, 3.8) is 0 Å². The predicted octanol–water partition coefficient (Wildman–Crippen LogP) is 1.15. The third-order valence-corrected chi connectivity index (χ3v) is 5.56. The van der Waals surface area contributed by atoms with E-state index in [-0.39, 0.29) is 23.3 Å². The Balaban J connectivity index is 1.49. The summed E-state index contributed by atoms with van der Waals surface area (Å²) in [5.41, 5.74) is 0.239. The summed E-state index contributed by atoms with van der Waals surface area (Å²) in [4.78, 5) is 48.6. The van der Waals surface area contributed by atoms with Gasteiger partial charge < -0.3 is 15.3 Å². The molecule has 8 heteroatoms. The molecule has 1 atom stereocenters. The Morgan fingerprint density at radius 1 is 1.19 bits per heavy atom. The van der Waals surface area contributed by atoms with Crippen LogP contribution in [0.25, 0.3) is 0 Å². The molecule has 1 aromatic carbocycles. The SMILES string of the molecule is C[C@@]1(C2CCN(C(=O)CCc3ccc(C(=O)O)cc3)CC2)NC(=O)NC1=O. The van der Waals surface area contributed by atoms with Crippen LogP contribution in [0.15, 0.2) is 24.3 Å². The summed E-state index contributed by atoms with van der Waals surface area (Å²) in [6.07, 6.45) is 2.22. The van der Waals surface area contributed by atoms with Crippen LogP contribution in [0.4, 0.5) is 4.79 Å². The average molecular weight is 373 g/mol. The number of carboxylic acids is 1. The predicted molar refractivity (Wildman–Crippen MR) is 96.1 cm³/mol. The highest BCUT2D eigenvalue weighted by atomic mass is 16.4. The van der Waals surface area contributed by atoms with Crippen molar-refractivity contribution in [2.75, 3.05) is 13.1 Å². The molecule has 2 saturated heterocycles. The van der Waals surface area contributed by atoms with Crippen LogP contribution in [0, 0.1) is 5.92 Å². The van der Waals surface area contributed by atoms with Gasteiger partial charge in [-0.3, -0.25) is 14.9 Å². The first-order valence-electron chi connectivity index (χ1n) is 9.03. The summed E-state index contributed by atoms with van der Waals surface area (Å²) in [6.45, 7) is 2.84. The van der Waals surface area contributed by atoms with Gasteiger partial charge >= 0.3 is 12.0 Å². The molecule has 2 aliphatic heterocycles. The van der Waals surface area contributed by atoms with E-state index in [1.807, 2.05) is 0 Å². The molecule has 0 unspecified atom stereocenters. The lowest BCUT2D eigenvalue weighted by Crippen LogP contribution is -2.54. The number of nitrogens with zero attached hydrogens (tertiary/aromatic N) is 1. The second-order valence-electron chi connectivity index (χ2n) is 7.27. The zero-order valence-corrected chi connectivity index (χ0v) is 15.2. The van der Waals surface area contributed by atoms with Gasteiger partial charge in [0, 0.05) is 19.5 Å². The van der Waals surface area contributed by atoms with E-state index in [0.29, 0.717) is 38.8 Å². The fourth-order valence-electron chi connectivity index (χ4n) is 3.77. The van der Waals surface area contributed by atoms with Crippen LogP contribution in [-0.2, 0) is 16.0 Å². The number of nitrogens with one attached hydrogen (secondary N) is 2. The lowest BCUT2D eigenvalue weighted by molar-refractivity contribution is -0.133. The van der Waals surface area contributed by atoms with Gasteiger partial charge in [0.15, 0.2) is 0 Å². The molecule has 1 aromatic rings. The fourth-order valence-corrected chi connectivity index (χ4v) is 3.77. The first kappa shape index (κ1) is 18.9. The van der Waals surface area contributed by atoms with Gasteiger partial charge in [0.2, 0.25) is 5.91 Å². The van der Waals surface area contributed by atoms with Crippen LogP contribution in [0.3, 0.4) is 0 Å². The third-order valence-electron chi connectivity index (χ3n) is 5.56. The average Bonchev–Trinajstić information content (AvgIpc) is 2.93. The molecule has 0 bridgehead atoms. The highest BCUT2D eigenvalue weighted by molar-refractivity contribution is 6.07. The minimum absolute atomic E-state index is 0.00318. The topological polar surface area (TPSA) is 116 Å². The molecule has 2 aliphatic rings. The number of imide groups is 1. The molecule has 3 N–H and O–H groups in total. The molecule has 8 nitrogen and oxygen atoms in total. The number of rotatable bonds is 5. The molecular weight excluding hydrogens is 350 g/mol. The Morgan fingerprint density at radius 2 is 1.81 bits per heavy atom. The highest BCUT2D eigenvalue weighted by Gasteiger charge is 2.48. The largest absolute Gasteiger partial charge is 0.478 e. The van der Waals surface area contributed by atoms with Crippen molar-refractivity contribution in [1.29, 1.82) is 0 Å². The number of amides is 4. The number of piperidine rings is 1. The van der Waals surface area contributed by atoms with E-state index in [4.69, 9.17) is 5.11 Å². The van der Waals surface area contributed by atoms with Gasteiger partial charge in [0.05, 0.1) is 5.56 Å². The van der Waals surface area contributed by atoms with Crippen molar-refractivity contribution >= 4 is 23.8 Å². The number of carbonyl (C=O) groups excluding carboxylic acids is 3. The zero-order chi connectivity index (χ0) is 19.6. The molecule has 2 fully saturated rings. The summed E-state index contributed by atoms with van der Waals surface area (Å²) in [5, 5.41) is 13.9. The number of carbonyl (C=O) groups is 4. The lowest BCUT2D eigenvalue weighted by Gasteiger charge is -2.38. The van der Waals surface area contributed by atoms with Crippen molar-refractivity contribution < 1.29 is 24.3 Å². The number of likely N-dealkylation sites (tertiary alicyclic amines) is 1. The number of hydrogen-bond donors (Lipinski definition) is 3. The van der Waals surface area contributed by atoms with Crippen molar-refractivity contribution in [2.24, 2.45) is 5.92 Å². The normalized spacial score (nSPS) is 23.1. The maximum absolute atomic E-state index is 12.5. The van der Waals surface area contributed by atoms with Gasteiger partial charge in [-0.15, -0.1) is 0 Å². The minimum Gasteiger partial charge on any atom is -0.478 e. The van der Waals surface area contributed by atoms with Crippen molar-refractivity contribution in [3.05, 3.63) is 35.4 Å². The molecule has 0 saturated carbocycles. The van der Waals surface area contributed by atoms with E-state index >= 15 is 0 Å². The van der Waals surface area contributed by atoms with E-state index in [1.54, 1.807) is 24.0 Å². The molecule has 0 radical (unpaired) electrons. The quantitative estimate of drug-likeness (QED) is 0.670. The Hall–Kier alpha value is -2.90. The summed E-state index contributed by atoms with van der Waals surface area (Å²) in [5.74, 6) is -1.24. The summed E-state index contributed by atoms with van der Waals surface area (Å²) < 4.78 is 0. The van der Waals surface area contributed by atoms with Gasteiger partial charge in [0.1, 0.15) is 5.54 Å². The maximum atomic E-state index is 12.5. The van der Waals surface area contributed by atoms with Crippen LogP contribution < -0.4 is 10.6 Å². The standard InChI is InChI=1S/C19H23N3O5/c1-19(17(26)20-18(27)21-19)14-8-10-22(11-9-14)15(23)7-4-12-2-5-13(6-3-12)16(24)25/h2-3,5-6,14H,4,7-11H2,1H3,(H,24,25)(H2,20,21,26,27)/t19-/m0/s1. The van der Waals surface area contributed by atoms with Gasteiger partial charge in [-0.1, -0.05) is 12.1 Å². The van der Waals surface area contributed by atoms with E-state index in [0.717, 1.165) is 5.56 Å². The van der Waals surface area contributed by atoms with Gasteiger partial charge in [-0.2, -0.15) is 0 Å². The minimum atomic E-state index is -0.971. The Labute approximate surface area is 156 Å². The molecule has 2 heterocycles. The van der Waals surface area contributed by atoms with Gasteiger partial charge in [-0.25, -0.2) is 9.59 Å². The molecule has 0 aromatic heterocycles. The van der Waals surface area contributed by atoms with Crippen molar-refractivity contribution in [1.82, 2.24) is 15.5 Å². The maximum Gasteiger partial charge on any atom is 0.335 e. The Bertz CT molecular complexity index is 768.